The zero-order valence-electron chi connectivity index (χ0n) is 12.0. The highest BCUT2D eigenvalue weighted by atomic mass is 35.5. The standard InChI is InChI=1S/C16H25NO.ClH/c1-17(2)16(13-9-5-3-6-10-13)14-11-7-4-8-12-15(14)18;/h3,5-6,9-10,14-16,18H,4,7-8,11-12H2,1-2H3;1H/t14-,15+,16?;/m0./s1. The summed E-state index contributed by atoms with van der Waals surface area (Å²) in [6.07, 6.45) is 5.63. The summed E-state index contributed by atoms with van der Waals surface area (Å²) in [6.45, 7) is 0. The van der Waals surface area contributed by atoms with Gasteiger partial charge in [0, 0.05) is 12.0 Å². The number of nitrogens with zero attached hydrogens (tertiary/aromatic N) is 1. The predicted octanol–water partition coefficient (Wildman–Crippen LogP) is 3.65. The molecule has 1 saturated carbocycles. The van der Waals surface area contributed by atoms with E-state index in [4.69, 9.17) is 0 Å². The SMILES string of the molecule is CN(C)C(c1ccccc1)[C@H]1CCCCC[C@H]1O.Cl. The van der Waals surface area contributed by atoms with Gasteiger partial charge in [0.15, 0.2) is 0 Å². The van der Waals surface area contributed by atoms with E-state index in [1.807, 2.05) is 0 Å². The Labute approximate surface area is 123 Å². The first-order chi connectivity index (χ1) is 8.70. The molecular weight excluding hydrogens is 258 g/mol. The van der Waals surface area contributed by atoms with Gasteiger partial charge in [-0.25, -0.2) is 0 Å². The third-order valence-corrected chi connectivity index (χ3v) is 4.13. The Morgan fingerprint density at radius 1 is 1.05 bits per heavy atom. The molecule has 1 fully saturated rings. The van der Waals surface area contributed by atoms with Gasteiger partial charge in [0.1, 0.15) is 0 Å². The minimum Gasteiger partial charge on any atom is -0.393 e. The third-order valence-electron chi connectivity index (χ3n) is 4.13. The predicted molar refractivity (Wildman–Crippen MR) is 82.7 cm³/mol. The molecule has 0 saturated heterocycles. The maximum atomic E-state index is 10.4. The lowest BCUT2D eigenvalue weighted by atomic mass is 9.84. The molecule has 2 nitrogen and oxygen atoms in total. The molecule has 1 unspecified atom stereocenters. The fraction of sp³-hybridized carbons (Fsp3) is 0.625. The maximum Gasteiger partial charge on any atom is 0.0586 e. The monoisotopic (exact) mass is 283 g/mol. The van der Waals surface area contributed by atoms with E-state index in [2.05, 4.69) is 49.3 Å². The maximum absolute atomic E-state index is 10.4. The molecule has 0 bridgehead atoms. The highest BCUT2D eigenvalue weighted by Gasteiger charge is 2.31. The van der Waals surface area contributed by atoms with Crippen molar-refractivity contribution in [2.45, 2.75) is 44.2 Å². The molecule has 108 valence electrons. The Morgan fingerprint density at radius 2 is 1.68 bits per heavy atom. The molecule has 3 heteroatoms. The van der Waals surface area contributed by atoms with Crippen LogP contribution in [0, 0.1) is 5.92 Å². The summed E-state index contributed by atoms with van der Waals surface area (Å²) in [6, 6.07) is 10.9. The van der Waals surface area contributed by atoms with Crippen LogP contribution in [0.3, 0.4) is 0 Å². The Kier molecular flexibility index (Phi) is 6.84. The van der Waals surface area contributed by atoms with Gasteiger partial charge in [0.25, 0.3) is 0 Å². The van der Waals surface area contributed by atoms with Gasteiger partial charge in [0.2, 0.25) is 0 Å². The van der Waals surface area contributed by atoms with Crippen LogP contribution in [0.1, 0.15) is 43.7 Å². The van der Waals surface area contributed by atoms with Gasteiger partial charge in [-0.2, -0.15) is 0 Å². The van der Waals surface area contributed by atoms with E-state index in [0.717, 1.165) is 12.8 Å². The van der Waals surface area contributed by atoms with Crippen molar-refractivity contribution < 1.29 is 5.11 Å². The van der Waals surface area contributed by atoms with E-state index >= 15 is 0 Å². The molecular formula is C16H26ClNO. The van der Waals surface area contributed by atoms with E-state index in [1.165, 1.54) is 24.8 Å². The van der Waals surface area contributed by atoms with Gasteiger partial charge in [-0.15, -0.1) is 12.4 Å². The van der Waals surface area contributed by atoms with Crippen molar-refractivity contribution in [1.82, 2.24) is 4.90 Å². The number of hydrogen-bond donors (Lipinski definition) is 1. The van der Waals surface area contributed by atoms with Crippen molar-refractivity contribution in [3.63, 3.8) is 0 Å². The Balaban J connectivity index is 0.00000180. The van der Waals surface area contributed by atoms with Gasteiger partial charge in [-0.05, 0) is 32.5 Å². The second-order valence-corrected chi connectivity index (χ2v) is 5.69. The summed E-state index contributed by atoms with van der Waals surface area (Å²) in [7, 11) is 4.24. The average molecular weight is 284 g/mol. The number of benzene rings is 1. The van der Waals surface area contributed by atoms with Crippen LogP contribution in [0.4, 0.5) is 0 Å². The van der Waals surface area contributed by atoms with Crippen molar-refractivity contribution in [2.24, 2.45) is 5.92 Å². The molecule has 19 heavy (non-hydrogen) atoms. The molecule has 1 N–H and O–H groups in total. The largest absolute Gasteiger partial charge is 0.393 e. The smallest absolute Gasteiger partial charge is 0.0586 e. The molecule has 1 aliphatic rings. The number of aliphatic hydroxyl groups is 1. The van der Waals surface area contributed by atoms with Crippen LogP contribution in [-0.4, -0.2) is 30.2 Å². The number of aliphatic hydroxyl groups excluding tert-OH is 1. The van der Waals surface area contributed by atoms with E-state index in [-0.39, 0.29) is 18.5 Å². The summed E-state index contributed by atoms with van der Waals surface area (Å²) in [5.41, 5.74) is 1.33. The Morgan fingerprint density at radius 3 is 2.32 bits per heavy atom. The third kappa shape index (κ3) is 4.20. The first kappa shape index (κ1) is 16.5. The zero-order chi connectivity index (χ0) is 13.0. The van der Waals surface area contributed by atoms with Gasteiger partial charge in [-0.3, -0.25) is 0 Å². The minimum atomic E-state index is -0.153. The van der Waals surface area contributed by atoms with Crippen LogP contribution >= 0.6 is 12.4 Å². The normalized spacial score (nSPS) is 25.5. The second kappa shape index (κ2) is 7.88. The summed E-state index contributed by atoms with van der Waals surface area (Å²) in [5.74, 6) is 0.366. The van der Waals surface area contributed by atoms with Crippen LogP contribution in [-0.2, 0) is 0 Å². The summed E-state index contributed by atoms with van der Waals surface area (Å²) >= 11 is 0. The second-order valence-electron chi connectivity index (χ2n) is 5.69. The highest BCUT2D eigenvalue weighted by molar-refractivity contribution is 5.85. The molecule has 0 aromatic heterocycles. The van der Waals surface area contributed by atoms with Gasteiger partial charge in [-0.1, -0.05) is 49.6 Å². The molecule has 1 aromatic carbocycles. The zero-order valence-corrected chi connectivity index (χ0v) is 12.8. The van der Waals surface area contributed by atoms with Crippen molar-refractivity contribution >= 4 is 12.4 Å². The van der Waals surface area contributed by atoms with Gasteiger partial charge < -0.3 is 10.0 Å². The van der Waals surface area contributed by atoms with E-state index in [1.54, 1.807) is 0 Å². The van der Waals surface area contributed by atoms with Crippen molar-refractivity contribution in [3.8, 4) is 0 Å². The fourth-order valence-corrected chi connectivity index (χ4v) is 3.26. The molecule has 0 amide bonds. The van der Waals surface area contributed by atoms with E-state index < -0.39 is 0 Å². The lowest BCUT2D eigenvalue weighted by Crippen LogP contribution is -2.34. The molecule has 2 rings (SSSR count). The first-order valence-corrected chi connectivity index (χ1v) is 7.09. The van der Waals surface area contributed by atoms with Gasteiger partial charge >= 0.3 is 0 Å². The molecule has 1 aromatic rings. The molecule has 0 heterocycles. The molecule has 1 aliphatic carbocycles. The molecule has 0 spiro atoms. The van der Waals surface area contributed by atoms with Crippen molar-refractivity contribution in [3.05, 3.63) is 35.9 Å². The number of hydrogen-bond acceptors (Lipinski definition) is 2. The summed E-state index contributed by atoms with van der Waals surface area (Å²) < 4.78 is 0. The highest BCUT2D eigenvalue weighted by Crippen LogP contribution is 2.36. The quantitative estimate of drug-likeness (QED) is 0.856. The van der Waals surface area contributed by atoms with Crippen LogP contribution in [0.25, 0.3) is 0 Å². The first-order valence-electron chi connectivity index (χ1n) is 7.09. The van der Waals surface area contributed by atoms with Gasteiger partial charge in [0.05, 0.1) is 6.10 Å². The fourth-order valence-electron chi connectivity index (χ4n) is 3.26. The Bertz CT molecular complexity index is 355. The average Bonchev–Trinajstić information content (AvgIpc) is 2.56. The summed E-state index contributed by atoms with van der Waals surface area (Å²) in [5, 5.41) is 10.4. The lowest BCUT2D eigenvalue weighted by molar-refractivity contribution is 0.0481. The van der Waals surface area contributed by atoms with Crippen LogP contribution < -0.4 is 0 Å². The minimum absolute atomic E-state index is 0. The molecule has 3 atom stereocenters. The summed E-state index contributed by atoms with van der Waals surface area (Å²) in [4.78, 5) is 2.26. The van der Waals surface area contributed by atoms with Crippen molar-refractivity contribution in [2.75, 3.05) is 14.1 Å². The molecule has 0 radical (unpaired) electrons. The molecule has 0 aliphatic heterocycles. The van der Waals surface area contributed by atoms with E-state index in [0.29, 0.717) is 12.0 Å². The van der Waals surface area contributed by atoms with E-state index in [9.17, 15) is 5.11 Å². The topological polar surface area (TPSA) is 23.5 Å². The van der Waals surface area contributed by atoms with Crippen LogP contribution in [0.5, 0.6) is 0 Å². The van der Waals surface area contributed by atoms with Crippen LogP contribution in [0.15, 0.2) is 30.3 Å². The lowest BCUT2D eigenvalue weighted by Gasteiger charge is -2.35. The number of halogens is 1. The number of rotatable bonds is 3. The van der Waals surface area contributed by atoms with Crippen LogP contribution in [0.2, 0.25) is 0 Å². The Hall–Kier alpha value is -0.570. The van der Waals surface area contributed by atoms with Crippen molar-refractivity contribution in [1.29, 1.82) is 0 Å².